The van der Waals surface area contributed by atoms with Crippen LogP contribution in [0.3, 0.4) is 0 Å². The molecule has 0 amide bonds. The lowest BCUT2D eigenvalue weighted by atomic mass is 10.2. The first kappa shape index (κ1) is 18.2. The monoisotopic (exact) mass is 444 g/mol. The third-order valence-electron chi connectivity index (χ3n) is 3.58. The summed E-state index contributed by atoms with van der Waals surface area (Å²) >= 11 is 15.3. The van der Waals surface area contributed by atoms with Crippen molar-refractivity contribution in [3.63, 3.8) is 0 Å². The maximum Gasteiger partial charge on any atom is 0.280 e. The smallest absolute Gasteiger partial charge is 0.280 e. The molecule has 0 saturated carbocycles. The van der Waals surface area contributed by atoms with E-state index in [1.54, 1.807) is 16.8 Å². The number of unbranched alkanes of at least 4 members (excludes halogenated alkanes) is 1. The molecule has 0 atom stereocenters. The van der Waals surface area contributed by atoms with Crippen LogP contribution in [-0.2, 0) is 13.1 Å². The van der Waals surface area contributed by atoms with Crippen LogP contribution < -0.4 is 10.9 Å². The largest absolute Gasteiger partial charge is 0.352 e. The van der Waals surface area contributed by atoms with Crippen LogP contribution in [0.1, 0.15) is 18.4 Å². The Morgan fingerprint density at radius 3 is 2.84 bits per heavy atom. The van der Waals surface area contributed by atoms with Crippen molar-refractivity contribution in [3.8, 4) is 0 Å². The molecule has 2 N–H and O–H groups in total. The summed E-state index contributed by atoms with van der Waals surface area (Å²) < 4.78 is 1.59. The van der Waals surface area contributed by atoms with Gasteiger partial charge in [0.1, 0.15) is 0 Å². The number of hydrogen-bond acceptors (Lipinski definition) is 5. The summed E-state index contributed by atoms with van der Waals surface area (Å²) in [5.74, 6) is 0.330. The van der Waals surface area contributed by atoms with E-state index in [0.29, 0.717) is 40.2 Å². The van der Waals surface area contributed by atoms with Gasteiger partial charge in [-0.15, -0.1) is 5.10 Å². The van der Waals surface area contributed by atoms with Crippen molar-refractivity contribution < 1.29 is 0 Å². The molecule has 0 fully saturated rings. The van der Waals surface area contributed by atoms with Gasteiger partial charge in [-0.3, -0.25) is 9.78 Å². The lowest BCUT2D eigenvalue weighted by molar-refractivity contribution is 0.569. The summed E-state index contributed by atoms with van der Waals surface area (Å²) in [6.07, 6.45) is 1.90. The number of fused-ring (bicyclic) bond motifs is 1. The van der Waals surface area contributed by atoms with Crippen LogP contribution in [0.25, 0.3) is 11.2 Å². The van der Waals surface area contributed by atoms with E-state index < -0.39 is 0 Å². The number of rotatable bonds is 7. The summed E-state index contributed by atoms with van der Waals surface area (Å²) in [5.41, 5.74) is 1.34. The van der Waals surface area contributed by atoms with E-state index in [1.807, 2.05) is 6.07 Å². The van der Waals surface area contributed by atoms with Crippen LogP contribution in [0, 0.1) is 0 Å². The summed E-state index contributed by atoms with van der Waals surface area (Å²) in [7, 11) is 0. The summed E-state index contributed by atoms with van der Waals surface area (Å²) in [6, 6.07) is 5.32. The van der Waals surface area contributed by atoms with Crippen LogP contribution in [0.4, 0.5) is 5.95 Å². The number of H-pyrrole nitrogens is 1. The minimum Gasteiger partial charge on any atom is -0.352 e. The molecule has 7 nitrogen and oxygen atoms in total. The Labute approximate surface area is 161 Å². The number of nitrogens with one attached hydrogen (secondary N) is 2. The topological polar surface area (TPSA) is 88.5 Å². The number of aryl methyl sites for hydroxylation is 1. The standard InChI is InChI=1S/C15H15BrCl2N6O/c16-5-1-2-6-24-12-13(22-23-24)20-15(21-14(12)25)19-8-9-3-4-10(17)11(18)7-9/h3-4,7H,1-2,5-6,8H2,(H2,19,20,21,25). The molecule has 0 aliphatic rings. The van der Waals surface area contributed by atoms with Crippen LogP contribution in [0.5, 0.6) is 0 Å². The normalized spacial score (nSPS) is 11.2. The van der Waals surface area contributed by atoms with Crippen molar-refractivity contribution in [1.29, 1.82) is 0 Å². The predicted octanol–water partition coefficient (Wildman–Crippen LogP) is 3.61. The van der Waals surface area contributed by atoms with Gasteiger partial charge >= 0.3 is 0 Å². The Bertz CT molecular complexity index is 941. The van der Waals surface area contributed by atoms with Gasteiger partial charge in [0.05, 0.1) is 10.0 Å². The number of hydrogen-bond donors (Lipinski definition) is 2. The molecule has 2 heterocycles. The first-order valence-corrected chi connectivity index (χ1v) is 9.53. The molecule has 10 heteroatoms. The Morgan fingerprint density at radius 2 is 2.08 bits per heavy atom. The molecule has 0 aliphatic carbocycles. The molecule has 0 spiro atoms. The average molecular weight is 446 g/mol. The SMILES string of the molecule is O=c1[nH]c(NCc2ccc(Cl)c(Cl)c2)nc2nnn(CCCCBr)c12. The van der Waals surface area contributed by atoms with Gasteiger partial charge in [0, 0.05) is 18.4 Å². The second-order valence-corrected chi connectivity index (χ2v) is 7.00. The molecule has 25 heavy (non-hydrogen) atoms. The van der Waals surface area contributed by atoms with Crippen molar-refractivity contribution in [3.05, 3.63) is 44.2 Å². The van der Waals surface area contributed by atoms with Crippen LogP contribution in [0.2, 0.25) is 10.0 Å². The van der Waals surface area contributed by atoms with Gasteiger partial charge in [-0.1, -0.05) is 50.4 Å². The maximum atomic E-state index is 12.3. The Hall–Kier alpha value is -1.64. The number of halogens is 3. The van der Waals surface area contributed by atoms with Crippen molar-refractivity contribution in [2.45, 2.75) is 25.9 Å². The summed E-state index contributed by atoms with van der Waals surface area (Å²) in [6.45, 7) is 1.06. The minimum atomic E-state index is -0.273. The first-order valence-electron chi connectivity index (χ1n) is 7.66. The number of benzene rings is 1. The second-order valence-electron chi connectivity index (χ2n) is 5.40. The molecular formula is C15H15BrCl2N6O. The number of anilines is 1. The third-order valence-corrected chi connectivity index (χ3v) is 4.88. The number of alkyl halides is 1. The highest BCUT2D eigenvalue weighted by Gasteiger charge is 2.12. The molecule has 2 aromatic heterocycles. The zero-order chi connectivity index (χ0) is 17.8. The highest BCUT2D eigenvalue weighted by Crippen LogP contribution is 2.22. The second kappa shape index (κ2) is 8.16. The van der Waals surface area contributed by atoms with E-state index in [2.05, 4.69) is 41.5 Å². The van der Waals surface area contributed by atoms with Gasteiger partial charge in [0.25, 0.3) is 5.56 Å². The van der Waals surface area contributed by atoms with E-state index in [9.17, 15) is 4.79 Å². The van der Waals surface area contributed by atoms with Gasteiger partial charge in [-0.05, 0) is 30.5 Å². The lowest BCUT2D eigenvalue weighted by Crippen LogP contribution is -2.16. The Morgan fingerprint density at radius 1 is 1.24 bits per heavy atom. The fraction of sp³-hybridized carbons (Fsp3) is 0.333. The highest BCUT2D eigenvalue weighted by atomic mass is 79.9. The summed E-state index contributed by atoms with van der Waals surface area (Å²) in [4.78, 5) is 19.4. The number of aromatic amines is 1. The van der Waals surface area contributed by atoms with Crippen molar-refractivity contribution >= 4 is 56.2 Å². The maximum absolute atomic E-state index is 12.3. The number of nitrogens with zero attached hydrogens (tertiary/aromatic N) is 4. The van der Waals surface area contributed by atoms with Gasteiger partial charge < -0.3 is 5.32 Å². The Balaban J connectivity index is 1.76. The van der Waals surface area contributed by atoms with Crippen LogP contribution >= 0.6 is 39.1 Å². The molecule has 3 rings (SSSR count). The molecule has 132 valence electrons. The zero-order valence-corrected chi connectivity index (χ0v) is 16.2. The predicted molar refractivity (Wildman–Crippen MR) is 103 cm³/mol. The molecule has 0 bridgehead atoms. The molecule has 0 radical (unpaired) electrons. The molecule has 0 saturated heterocycles. The van der Waals surface area contributed by atoms with Gasteiger partial charge in [0.15, 0.2) is 5.52 Å². The van der Waals surface area contributed by atoms with E-state index >= 15 is 0 Å². The average Bonchev–Trinajstić information content (AvgIpc) is 3.00. The fourth-order valence-corrected chi connectivity index (χ4v) is 3.05. The van der Waals surface area contributed by atoms with Crippen molar-refractivity contribution in [1.82, 2.24) is 25.0 Å². The first-order chi connectivity index (χ1) is 12.1. The molecule has 3 aromatic rings. The third kappa shape index (κ3) is 4.31. The molecular weight excluding hydrogens is 431 g/mol. The summed E-state index contributed by atoms with van der Waals surface area (Å²) in [5, 5.41) is 12.9. The van der Waals surface area contributed by atoms with Gasteiger partial charge in [-0.2, -0.15) is 4.98 Å². The van der Waals surface area contributed by atoms with E-state index in [4.69, 9.17) is 23.2 Å². The molecule has 1 aromatic carbocycles. The fourth-order valence-electron chi connectivity index (χ4n) is 2.33. The van der Waals surface area contributed by atoms with Gasteiger partial charge in [0.2, 0.25) is 11.6 Å². The Kier molecular flexibility index (Phi) is 5.93. The molecule has 0 unspecified atom stereocenters. The van der Waals surface area contributed by atoms with E-state index in [1.165, 1.54) is 0 Å². The highest BCUT2D eigenvalue weighted by molar-refractivity contribution is 9.09. The lowest BCUT2D eigenvalue weighted by Gasteiger charge is -2.06. The number of aromatic nitrogens is 5. The van der Waals surface area contributed by atoms with Crippen molar-refractivity contribution in [2.24, 2.45) is 0 Å². The van der Waals surface area contributed by atoms with Gasteiger partial charge in [-0.25, -0.2) is 4.68 Å². The minimum absolute atomic E-state index is 0.273. The van der Waals surface area contributed by atoms with E-state index in [-0.39, 0.29) is 5.56 Å². The molecule has 0 aliphatic heterocycles. The van der Waals surface area contributed by atoms with Crippen molar-refractivity contribution in [2.75, 3.05) is 10.6 Å². The van der Waals surface area contributed by atoms with Crippen LogP contribution in [0.15, 0.2) is 23.0 Å². The van der Waals surface area contributed by atoms with E-state index in [0.717, 1.165) is 23.7 Å². The quantitative estimate of drug-likeness (QED) is 0.428. The zero-order valence-electron chi connectivity index (χ0n) is 13.1. The van der Waals surface area contributed by atoms with Crippen LogP contribution in [-0.4, -0.2) is 30.3 Å².